The first-order valence-electron chi connectivity index (χ1n) is 6.10. The first-order valence-corrected chi connectivity index (χ1v) is 7.55. The number of hydrogen-bond donors (Lipinski definition) is 2. The standard InChI is InChI=1S/C15H12ClIN2O2/c1-9(20)18-11-3-2-4-12(8-11)19-15(21)10-5-6-14(17)13(16)7-10/h2-8H,1H3,(H,18,20)(H,19,21). The number of halogens is 2. The molecule has 0 fully saturated rings. The number of carbonyl (C=O) groups is 2. The van der Waals surface area contributed by atoms with E-state index in [-0.39, 0.29) is 11.8 Å². The molecule has 0 saturated heterocycles. The van der Waals surface area contributed by atoms with Gasteiger partial charge in [0.15, 0.2) is 0 Å². The van der Waals surface area contributed by atoms with Crippen LogP contribution in [0.25, 0.3) is 0 Å². The second-order valence-electron chi connectivity index (χ2n) is 4.35. The Kier molecular flexibility index (Phi) is 5.19. The highest BCUT2D eigenvalue weighted by atomic mass is 127. The number of benzene rings is 2. The molecule has 2 N–H and O–H groups in total. The molecule has 0 radical (unpaired) electrons. The Morgan fingerprint density at radius 2 is 1.71 bits per heavy atom. The highest BCUT2D eigenvalue weighted by Gasteiger charge is 2.08. The highest BCUT2D eigenvalue weighted by molar-refractivity contribution is 14.1. The lowest BCUT2D eigenvalue weighted by Gasteiger charge is -2.08. The Labute approximate surface area is 141 Å². The van der Waals surface area contributed by atoms with Gasteiger partial charge in [0.05, 0.1) is 5.02 Å². The van der Waals surface area contributed by atoms with Gasteiger partial charge in [-0.3, -0.25) is 9.59 Å². The Balaban J connectivity index is 2.15. The van der Waals surface area contributed by atoms with Gasteiger partial charge in [-0.15, -0.1) is 0 Å². The van der Waals surface area contributed by atoms with Gasteiger partial charge in [0.25, 0.3) is 5.91 Å². The van der Waals surface area contributed by atoms with Crippen molar-refractivity contribution >= 4 is 57.4 Å². The van der Waals surface area contributed by atoms with E-state index in [1.165, 1.54) is 6.92 Å². The van der Waals surface area contributed by atoms with E-state index in [1.807, 2.05) is 0 Å². The molecule has 0 unspecified atom stereocenters. The third-order valence-corrected chi connectivity index (χ3v) is 4.19. The van der Waals surface area contributed by atoms with Crippen molar-refractivity contribution in [3.05, 3.63) is 56.6 Å². The summed E-state index contributed by atoms with van der Waals surface area (Å²) in [5.74, 6) is -0.420. The van der Waals surface area contributed by atoms with Gasteiger partial charge in [-0.25, -0.2) is 0 Å². The molecule has 21 heavy (non-hydrogen) atoms. The summed E-state index contributed by atoms with van der Waals surface area (Å²) in [6.45, 7) is 1.43. The molecule has 0 aromatic heterocycles. The summed E-state index contributed by atoms with van der Waals surface area (Å²) in [7, 11) is 0. The van der Waals surface area contributed by atoms with Gasteiger partial charge in [0.1, 0.15) is 0 Å². The van der Waals surface area contributed by atoms with E-state index in [9.17, 15) is 9.59 Å². The average Bonchev–Trinajstić information content (AvgIpc) is 2.41. The first kappa shape index (κ1) is 15.8. The van der Waals surface area contributed by atoms with E-state index in [0.29, 0.717) is 22.0 Å². The third kappa shape index (κ3) is 4.44. The Bertz CT molecular complexity index is 704. The number of hydrogen-bond acceptors (Lipinski definition) is 2. The number of carbonyl (C=O) groups excluding carboxylic acids is 2. The van der Waals surface area contributed by atoms with Crippen LogP contribution in [0.4, 0.5) is 11.4 Å². The van der Waals surface area contributed by atoms with Crippen LogP contribution in [-0.4, -0.2) is 11.8 Å². The molecule has 0 heterocycles. The van der Waals surface area contributed by atoms with Crippen molar-refractivity contribution in [2.45, 2.75) is 6.92 Å². The lowest BCUT2D eigenvalue weighted by Crippen LogP contribution is -2.12. The molecule has 4 nitrogen and oxygen atoms in total. The van der Waals surface area contributed by atoms with Crippen LogP contribution in [0.5, 0.6) is 0 Å². The monoisotopic (exact) mass is 414 g/mol. The highest BCUT2D eigenvalue weighted by Crippen LogP contribution is 2.21. The maximum absolute atomic E-state index is 12.2. The second-order valence-corrected chi connectivity index (χ2v) is 5.91. The average molecular weight is 415 g/mol. The Hall–Kier alpha value is -1.60. The van der Waals surface area contributed by atoms with E-state index in [0.717, 1.165) is 3.57 Å². The van der Waals surface area contributed by atoms with Gasteiger partial charge < -0.3 is 10.6 Å². The topological polar surface area (TPSA) is 58.2 Å². The number of anilines is 2. The van der Waals surface area contributed by atoms with Crippen LogP contribution in [0.15, 0.2) is 42.5 Å². The number of nitrogens with one attached hydrogen (secondary N) is 2. The van der Waals surface area contributed by atoms with Crippen molar-refractivity contribution in [3.8, 4) is 0 Å². The molecule has 0 aliphatic heterocycles. The molecule has 0 atom stereocenters. The van der Waals surface area contributed by atoms with Gasteiger partial charge in [-0.05, 0) is 59.0 Å². The fourth-order valence-corrected chi connectivity index (χ4v) is 2.23. The van der Waals surface area contributed by atoms with Gasteiger partial charge >= 0.3 is 0 Å². The van der Waals surface area contributed by atoms with E-state index in [1.54, 1.807) is 42.5 Å². The van der Waals surface area contributed by atoms with Crippen LogP contribution in [0.2, 0.25) is 5.02 Å². The molecule has 2 amide bonds. The van der Waals surface area contributed by atoms with Crippen LogP contribution in [0.1, 0.15) is 17.3 Å². The molecule has 0 spiro atoms. The molecule has 6 heteroatoms. The smallest absolute Gasteiger partial charge is 0.255 e. The summed E-state index contributed by atoms with van der Waals surface area (Å²) in [5, 5.41) is 5.97. The van der Waals surface area contributed by atoms with E-state index in [2.05, 4.69) is 33.2 Å². The van der Waals surface area contributed by atoms with Crippen molar-refractivity contribution < 1.29 is 9.59 Å². The zero-order valence-electron chi connectivity index (χ0n) is 11.1. The minimum absolute atomic E-state index is 0.164. The molecule has 2 aromatic rings. The minimum atomic E-state index is -0.256. The van der Waals surface area contributed by atoms with Crippen LogP contribution >= 0.6 is 34.2 Å². The maximum atomic E-state index is 12.2. The molecule has 108 valence electrons. The number of rotatable bonds is 3. The third-order valence-electron chi connectivity index (χ3n) is 2.62. The van der Waals surface area contributed by atoms with Crippen LogP contribution in [-0.2, 0) is 4.79 Å². The predicted molar refractivity (Wildman–Crippen MR) is 92.9 cm³/mol. The summed E-state index contributed by atoms with van der Waals surface area (Å²) in [6.07, 6.45) is 0. The lowest BCUT2D eigenvalue weighted by atomic mass is 10.2. The Morgan fingerprint density at radius 3 is 2.33 bits per heavy atom. The van der Waals surface area contributed by atoms with Crippen molar-refractivity contribution in [3.63, 3.8) is 0 Å². The van der Waals surface area contributed by atoms with Crippen LogP contribution in [0.3, 0.4) is 0 Å². The molecule has 0 aliphatic carbocycles. The van der Waals surface area contributed by atoms with E-state index >= 15 is 0 Å². The van der Waals surface area contributed by atoms with Crippen molar-refractivity contribution in [1.82, 2.24) is 0 Å². The quantitative estimate of drug-likeness (QED) is 0.741. The number of amides is 2. The van der Waals surface area contributed by atoms with Crippen LogP contribution < -0.4 is 10.6 Å². The minimum Gasteiger partial charge on any atom is -0.326 e. The molecule has 0 aliphatic rings. The van der Waals surface area contributed by atoms with Gasteiger partial charge in [-0.2, -0.15) is 0 Å². The second kappa shape index (κ2) is 6.91. The summed E-state index contributed by atoms with van der Waals surface area (Å²) in [5.41, 5.74) is 1.70. The van der Waals surface area contributed by atoms with Gasteiger partial charge in [-0.1, -0.05) is 17.7 Å². The lowest BCUT2D eigenvalue weighted by molar-refractivity contribution is -0.114. The van der Waals surface area contributed by atoms with Gasteiger partial charge in [0.2, 0.25) is 5.91 Å². The normalized spacial score (nSPS) is 10.0. The summed E-state index contributed by atoms with van der Waals surface area (Å²) >= 11 is 8.11. The SMILES string of the molecule is CC(=O)Nc1cccc(NC(=O)c2ccc(I)c(Cl)c2)c1. The molecular formula is C15H12ClIN2O2. The predicted octanol–water partition coefficient (Wildman–Crippen LogP) is 4.16. The van der Waals surface area contributed by atoms with E-state index < -0.39 is 0 Å². The maximum Gasteiger partial charge on any atom is 0.255 e. The van der Waals surface area contributed by atoms with Crippen molar-refractivity contribution in [2.75, 3.05) is 10.6 Å². The molecular weight excluding hydrogens is 403 g/mol. The van der Waals surface area contributed by atoms with E-state index in [4.69, 9.17) is 11.6 Å². The summed E-state index contributed by atoms with van der Waals surface area (Å²) in [6, 6.07) is 12.0. The fraction of sp³-hybridized carbons (Fsp3) is 0.0667. The largest absolute Gasteiger partial charge is 0.326 e. The first-order chi connectivity index (χ1) is 9.95. The summed E-state index contributed by atoms with van der Waals surface area (Å²) in [4.78, 5) is 23.2. The molecule has 2 rings (SSSR count). The molecule has 0 bridgehead atoms. The van der Waals surface area contributed by atoms with Crippen LogP contribution in [0, 0.1) is 3.57 Å². The van der Waals surface area contributed by atoms with Gasteiger partial charge in [0, 0.05) is 27.4 Å². The Morgan fingerprint density at radius 1 is 1.05 bits per heavy atom. The summed E-state index contributed by atoms with van der Waals surface area (Å²) < 4.78 is 0.887. The van der Waals surface area contributed by atoms with Crippen molar-refractivity contribution in [1.29, 1.82) is 0 Å². The zero-order valence-corrected chi connectivity index (χ0v) is 14.0. The zero-order chi connectivity index (χ0) is 15.4. The fourth-order valence-electron chi connectivity index (χ4n) is 1.72. The molecule has 2 aromatic carbocycles. The molecule has 0 saturated carbocycles. The van der Waals surface area contributed by atoms with Crippen molar-refractivity contribution in [2.24, 2.45) is 0 Å².